The minimum Gasteiger partial charge on any atom is -0.497 e. The average molecular weight is 353 g/mol. The number of aryl methyl sites for hydroxylation is 2. The van der Waals surface area contributed by atoms with Gasteiger partial charge in [-0.15, -0.1) is 0 Å². The van der Waals surface area contributed by atoms with E-state index in [0.29, 0.717) is 10.6 Å². The summed E-state index contributed by atoms with van der Waals surface area (Å²) in [5.74, 6) is 0.483. The minimum atomic E-state index is -0.267. The van der Waals surface area contributed by atoms with E-state index in [4.69, 9.17) is 4.74 Å². The van der Waals surface area contributed by atoms with Gasteiger partial charge in [-0.25, -0.2) is 4.90 Å². The van der Waals surface area contributed by atoms with E-state index in [1.165, 1.54) is 4.90 Å². The third-order valence-corrected chi connectivity index (χ3v) is 5.28. The highest BCUT2D eigenvalue weighted by molar-refractivity contribution is 8.19. The van der Waals surface area contributed by atoms with Gasteiger partial charge in [0.1, 0.15) is 5.75 Å². The predicted octanol–water partition coefficient (Wildman–Crippen LogP) is 4.94. The standard InChI is InChI=1S/C20H19NO3S/c1-12-5-6-13(2)17(11-12)21-19(22)18(25-20(21)23)14(3)15-7-9-16(24-4)10-8-15/h5-11H,1-4H3/b18-14-. The first-order valence-electron chi connectivity index (χ1n) is 7.91. The third kappa shape index (κ3) is 3.20. The molecular formula is C20H19NO3S. The van der Waals surface area contributed by atoms with Crippen molar-refractivity contribution in [3.05, 3.63) is 64.1 Å². The van der Waals surface area contributed by atoms with Crippen LogP contribution in [0.1, 0.15) is 23.6 Å². The Kier molecular flexibility index (Phi) is 4.68. The minimum absolute atomic E-state index is 0.262. The number of anilines is 1. The molecule has 0 bridgehead atoms. The molecule has 0 unspecified atom stereocenters. The number of hydrogen-bond donors (Lipinski definition) is 0. The Bertz CT molecular complexity index is 884. The number of nitrogens with zero attached hydrogens (tertiary/aromatic N) is 1. The van der Waals surface area contributed by atoms with Crippen LogP contribution in [0.25, 0.3) is 5.57 Å². The van der Waals surface area contributed by atoms with Crippen LogP contribution in [-0.2, 0) is 4.79 Å². The summed E-state index contributed by atoms with van der Waals surface area (Å²) in [4.78, 5) is 27.2. The van der Waals surface area contributed by atoms with Crippen molar-refractivity contribution in [3.8, 4) is 5.75 Å². The largest absolute Gasteiger partial charge is 0.497 e. The lowest BCUT2D eigenvalue weighted by atomic mass is 10.1. The Morgan fingerprint density at radius 1 is 1.04 bits per heavy atom. The lowest BCUT2D eigenvalue weighted by Gasteiger charge is -2.16. The van der Waals surface area contributed by atoms with E-state index >= 15 is 0 Å². The maximum atomic E-state index is 12.9. The Hall–Kier alpha value is -2.53. The zero-order chi connectivity index (χ0) is 18.1. The molecule has 4 nitrogen and oxygen atoms in total. The maximum Gasteiger partial charge on any atom is 0.298 e. The quantitative estimate of drug-likeness (QED) is 0.733. The van der Waals surface area contributed by atoms with Crippen molar-refractivity contribution in [1.29, 1.82) is 0 Å². The topological polar surface area (TPSA) is 46.6 Å². The zero-order valence-electron chi connectivity index (χ0n) is 14.6. The second-order valence-electron chi connectivity index (χ2n) is 5.98. The molecule has 1 aliphatic rings. The summed E-state index contributed by atoms with van der Waals surface area (Å²) < 4.78 is 5.16. The molecule has 3 rings (SSSR count). The van der Waals surface area contributed by atoms with Gasteiger partial charge in [0.05, 0.1) is 17.7 Å². The number of imide groups is 1. The molecule has 5 heteroatoms. The molecule has 1 aliphatic heterocycles. The Morgan fingerprint density at radius 3 is 2.36 bits per heavy atom. The number of ether oxygens (including phenoxy) is 1. The van der Waals surface area contributed by atoms with Crippen molar-refractivity contribution in [3.63, 3.8) is 0 Å². The van der Waals surface area contributed by atoms with Crippen LogP contribution in [0.5, 0.6) is 5.75 Å². The van der Waals surface area contributed by atoms with Crippen LogP contribution < -0.4 is 9.64 Å². The number of hydrogen-bond acceptors (Lipinski definition) is 4. The number of allylic oxidation sites excluding steroid dienone is 1. The molecule has 1 saturated heterocycles. The smallest absolute Gasteiger partial charge is 0.298 e. The number of thioether (sulfide) groups is 1. The van der Waals surface area contributed by atoms with E-state index in [9.17, 15) is 9.59 Å². The van der Waals surface area contributed by atoms with Gasteiger partial charge in [-0.3, -0.25) is 9.59 Å². The predicted molar refractivity (Wildman–Crippen MR) is 102 cm³/mol. The average Bonchev–Trinajstić information content (AvgIpc) is 2.91. The van der Waals surface area contributed by atoms with Gasteiger partial charge in [0.25, 0.3) is 11.1 Å². The van der Waals surface area contributed by atoms with Gasteiger partial charge in [0.2, 0.25) is 0 Å². The van der Waals surface area contributed by atoms with Crippen LogP contribution in [0.15, 0.2) is 47.4 Å². The van der Waals surface area contributed by atoms with Crippen LogP contribution in [-0.4, -0.2) is 18.3 Å². The van der Waals surface area contributed by atoms with Gasteiger partial charge in [0.15, 0.2) is 0 Å². The number of methoxy groups -OCH3 is 1. The molecule has 0 saturated carbocycles. The second-order valence-corrected chi connectivity index (χ2v) is 6.94. The highest BCUT2D eigenvalue weighted by Crippen LogP contribution is 2.40. The van der Waals surface area contributed by atoms with Crippen LogP contribution in [0.4, 0.5) is 10.5 Å². The Labute approximate surface area is 151 Å². The van der Waals surface area contributed by atoms with Crippen molar-refractivity contribution in [2.75, 3.05) is 12.0 Å². The molecule has 2 aromatic carbocycles. The Balaban J connectivity index is 2.01. The normalized spacial score (nSPS) is 16.4. The number of carbonyl (C=O) groups excluding carboxylic acids is 2. The van der Waals surface area contributed by atoms with E-state index in [1.807, 2.05) is 63.2 Å². The van der Waals surface area contributed by atoms with E-state index in [-0.39, 0.29) is 11.1 Å². The molecule has 25 heavy (non-hydrogen) atoms. The van der Waals surface area contributed by atoms with E-state index in [2.05, 4.69) is 0 Å². The van der Waals surface area contributed by atoms with Crippen molar-refractivity contribution < 1.29 is 14.3 Å². The zero-order valence-corrected chi connectivity index (χ0v) is 15.4. The summed E-state index contributed by atoms with van der Waals surface area (Å²) in [5.41, 5.74) is 4.25. The van der Waals surface area contributed by atoms with Gasteiger partial charge < -0.3 is 4.74 Å². The van der Waals surface area contributed by atoms with Gasteiger partial charge in [-0.05, 0) is 73.0 Å². The van der Waals surface area contributed by atoms with Crippen molar-refractivity contribution in [2.45, 2.75) is 20.8 Å². The summed E-state index contributed by atoms with van der Waals surface area (Å²) in [7, 11) is 1.61. The molecule has 0 spiro atoms. The summed E-state index contributed by atoms with van der Waals surface area (Å²) >= 11 is 0.990. The van der Waals surface area contributed by atoms with Crippen LogP contribution >= 0.6 is 11.8 Å². The summed E-state index contributed by atoms with van der Waals surface area (Å²) in [6, 6.07) is 13.2. The first-order chi connectivity index (χ1) is 11.9. The van der Waals surface area contributed by atoms with Gasteiger partial charge in [-0.2, -0.15) is 0 Å². The van der Waals surface area contributed by atoms with Gasteiger partial charge in [0, 0.05) is 0 Å². The fourth-order valence-electron chi connectivity index (χ4n) is 2.74. The summed E-state index contributed by atoms with van der Waals surface area (Å²) in [6.07, 6.45) is 0. The fraction of sp³-hybridized carbons (Fsp3) is 0.200. The highest BCUT2D eigenvalue weighted by Gasteiger charge is 2.38. The molecule has 0 aromatic heterocycles. The lowest BCUT2D eigenvalue weighted by molar-refractivity contribution is -0.113. The molecule has 1 fully saturated rings. The number of amides is 2. The van der Waals surface area contributed by atoms with E-state index < -0.39 is 0 Å². The van der Waals surface area contributed by atoms with Crippen molar-refractivity contribution in [2.24, 2.45) is 0 Å². The summed E-state index contributed by atoms with van der Waals surface area (Å²) in [6.45, 7) is 5.71. The first-order valence-corrected chi connectivity index (χ1v) is 8.73. The molecule has 2 aromatic rings. The molecule has 1 heterocycles. The van der Waals surface area contributed by atoms with Crippen LogP contribution in [0, 0.1) is 13.8 Å². The van der Waals surface area contributed by atoms with Crippen LogP contribution in [0.2, 0.25) is 0 Å². The monoisotopic (exact) mass is 353 g/mol. The Morgan fingerprint density at radius 2 is 1.72 bits per heavy atom. The molecule has 0 N–H and O–H groups in total. The molecular weight excluding hydrogens is 334 g/mol. The molecule has 0 aliphatic carbocycles. The van der Waals surface area contributed by atoms with Crippen molar-refractivity contribution >= 4 is 34.2 Å². The third-order valence-electron chi connectivity index (χ3n) is 4.24. The molecule has 0 atom stereocenters. The highest BCUT2D eigenvalue weighted by atomic mass is 32.2. The van der Waals surface area contributed by atoms with E-state index in [1.54, 1.807) is 7.11 Å². The summed E-state index contributed by atoms with van der Waals surface area (Å²) in [5, 5.41) is -0.262. The van der Waals surface area contributed by atoms with Gasteiger partial charge >= 0.3 is 0 Å². The molecule has 128 valence electrons. The van der Waals surface area contributed by atoms with Crippen LogP contribution in [0.3, 0.4) is 0 Å². The molecule has 0 radical (unpaired) electrons. The SMILES string of the molecule is COc1ccc(/C(C)=C2\SC(=O)N(c3cc(C)ccc3C)C2=O)cc1. The lowest BCUT2D eigenvalue weighted by Crippen LogP contribution is -2.28. The molecule has 2 amide bonds. The number of carbonyl (C=O) groups is 2. The fourth-order valence-corrected chi connectivity index (χ4v) is 3.63. The maximum absolute atomic E-state index is 12.9. The van der Waals surface area contributed by atoms with Crippen molar-refractivity contribution in [1.82, 2.24) is 0 Å². The van der Waals surface area contributed by atoms with Gasteiger partial charge in [-0.1, -0.05) is 24.3 Å². The number of rotatable bonds is 3. The van der Waals surface area contributed by atoms with E-state index in [0.717, 1.165) is 39.8 Å². The first kappa shape index (κ1) is 17.3. The second kappa shape index (κ2) is 6.76. The number of benzene rings is 2.